The molecular formula is C27H24N6O2. The Labute approximate surface area is 202 Å². The monoisotopic (exact) mass is 464 g/mol. The third kappa shape index (κ3) is 4.41. The Morgan fingerprint density at radius 3 is 2.40 bits per heavy atom. The fourth-order valence-corrected chi connectivity index (χ4v) is 3.78. The van der Waals surface area contributed by atoms with Crippen molar-refractivity contribution >= 4 is 40.1 Å². The Kier molecular flexibility index (Phi) is 5.85. The molecule has 3 aromatic carbocycles. The molecule has 0 saturated heterocycles. The van der Waals surface area contributed by atoms with Crippen molar-refractivity contribution < 1.29 is 9.53 Å². The Bertz CT molecular complexity index is 1550. The summed E-state index contributed by atoms with van der Waals surface area (Å²) in [5, 5.41) is 7.49. The van der Waals surface area contributed by atoms with Crippen molar-refractivity contribution in [3.05, 3.63) is 95.1 Å². The van der Waals surface area contributed by atoms with Crippen LogP contribution >= 0.6 is 0 Å². The molecule has 0 spiro atoms. The second-order valence-corrected chi connectivity index (χ2v) is 8.14. The summed E-state index contributed by atoms with van der Waals surface area (Å²) in [6.45, 7) is 2.35. The summed E-state index contributed by atoms with van der Waals surface area (Å²) >= 11 is 0. The fraction of sp³-hybridized carbons (Fsp3) is 0.111. The van der Waals surface area contributed by atoms with E-state index in [9.17, 15) is 4.79 Å². The number of benzene rings is 3. The first-order valence-electron chi connectivity index (χ1n) is 11.1. The molecule has 174 valence electrons. The summed E-state index contributed by atoms with van der Waals surface area (Å²) in [4.78, 5) is 22.7. The molecule has 0 bridgehead atoms. The number of nitrogens with two attached hydrogens (primary N) is 1. The minimum atomic E-state index is -0.350. The van der Waals surface area contributed by atoms with Gasteiger partial charge in [0.1, 0.15) is 22.6 Å². The molecule has 0 fully saturated rings. The minimum Gasteiger partial charge on any atom is -0.497 e. The SMILES string of the molecule is COc1ccc(CNC(=O)c2c(N)n(/N=C\c3ccc(C)cc3)c3nc4ccccc4nc23)cc1. The molecule has 0 aliphatic carbocycles. The number of carbonyl (C=O) groups is 1. The number of nitrogens with zero attached hydrogens (tertiary/aromatic N) is 4. The highest BCUT2D eigenvalue weighted by Crippen LogP contribution is 2.28. The summed E-state index contributed by atoms with van der Waals surface area (Å²) < 4.78 is 6.66. The van der Waals surface area contributed by atoms with E-state index >= 15 is 0 Å². The number of carbonyl (C=O) groups excluding carboxylic acids is 1. The van der Waals surface area contributed by atoms with Crippen LogP contribution in [0.2, 0.25) is 0 Å². The van der Waals surface area contributed by atoms with Gasteiger partial charge in [-0.25, -0.2) is 9.97 Å². The van der Waals surface area contributed by atoms with Crippen LogP contribution in [0.3, 0.4) is 0 Å². The van der Waals surface area contributed by atoms with Gasteiger partial charge in [-0.05, 0) is 42.3 Å². The van der Waals surface area contributed by atoms with Crippen LogP contribution in [0.1, 0.15) is 27.0 Å². The van der Waals surface area contributed by atoms with E-state index in [-0.39, 0.29) is 17.3 Å². The first-order chi connectivity index (χ1) is 17.0. The number of hydrogen-bond acceptors (Lipinski definition) is 6. The number of ether oxygens (including phenoxy) is 1. The van der Waals surface area contributed by atoms with Crippen molar-refractivity contribution in [2.75, 3.05) is 12.8 Å². The van der Waals surface area contributed by atoms with Crippen molar-refractivity contribution in [3.63, 3.8) is 0 Å². The van der Waals surface area contributed by atoms with Crippen molar-refractivity contribution in [2.45, 2.75) is 13.5 Å². The lowest BCUT2D eigenvalue weighted by Gasteiger charge is -2.06. The van der Waals surface area contributed by atoms with Crippen LogP contribution in [-0.2, 0) is 6.54 Å². The lowest BCUT2D eigenvalue weighted by Crippen LogP contribution is -2.23. The fourth-order valence-electron chi connectivity index (χ4n) is 3.78. The molecule has 0 radical (unpaired) electrons. The summed E-state index contributed by atoms with van der Waals surface area (Å²) in [5.74, 6) is 0.573. The van der Waals surface area contributed by atoms with Gasteiger partial charge in [0.15, 0.2) is 5.65 Å². The van der Waals surface area contributed by atoms with E-state index in [2.05, 4.69) is 10.4 Å². The van der Waals surface area contributed by atoms with Gasteiger partial charge in [-0.15, -0.1) is 0 Å². The van der Waals surface area contributed by atoms with Crippen LogP contribution in [0.5, 0.6) is 5.75 Å². The van der Waals surface area contributed by atoms with Crippen LogP contribution in [0, 0.1) is 6.92 Å². The Morgan fingerprint density at radius 2 is 1.71 bits per heavy atom. The summed E-state index contributed by atoms with van der Waals surface area (Å²) in [5.41, 5.74) is 11.9. The van der Waals surface area contributed by atoms with Crippen LogP contribution in [0.4, 0.5) is 5.82 Å². The Balaban J connectivity index is 1.55. The van der Waals surface area contributed by atoms with E-state index in [1.807, 2.05) is 79.7 Å². The maximum Gasteiger partial charge on any atom is 0.257 e. The number of anilines is 1. The number of fused-ring (bicyclic) bond motifs is 2. The number of hydrogen-bond donors (Lipinski definition) is 2. The minimum absolute atomic E-state index is 0.172. The third-order valence-electron chi connectivity index (χ3n) is 5.71. The van der Waals surface area contributed by atoms with Crippen LogP contribution in [0.25, 0.3) is 22.2 Å². The van der Waals surface area contributed by atoms with Crippen molar-refractivity contribution in [1.29, 1.82) is 0 Å². The molecule has 2 aromatic heterocycles. The van der Waals surface area contributed by atoms with Gasteiger partial charge >= 0.3 is 0 Å². The van der Waals surface area contributed by atoms with E-state index < -0.39 is 0 Å². The highest BCUT2D eigenvalue weighted by molar-refractivity contribution is 6.10. The molecule has 8 nitrogen and oxygen atoms in total. The van der Waals surface area contributed by atoms with Gasteiger partial charge in [-0.2, -0.15) is 9.78 Å². The highest BCUT2D eigenvalue weighted by Gasteiger charge is 2.24. The number of aromatic nitrogens is 3. The van der Waals surface area contributed by atoms with Gasteiger partial charge in [-0.1, -0.05) is 54.1 Å². The second kappa shape index (κ2) is 9.26. The molecule has 2 heterocycles. The van der Waals surface area contributed by atoms with Gasteiger partial charge in [0.05, 0.1) is 24.4 Å². The van der Waals surface area contributed by atoms with Crippen LogP contribution in [-0.4, -0.2) is 33.9 Å². The molecule has 1 amide bonds. The Hall–Kier alpha value is -4.72. The van der Waals surface area contributed by atoms with Crippen molar-refractivity contribution in [2.24, 2.45) is 5.10 Å². The first kappa shape index (κ1) is 22.1. The number of methoxy groups -OCH3 is 1. The zero-order valence-corrected chi connectivity index (χ0v) is 19.4. The quantitative estimate of drug-likeness (QED) is 0.365. The molecule has 0 unspecified atom stereocenters. The zero-order chi connectivity index (χ0) is 24.4. The smallest absolute Gasteiger partial charge is 0.257 e. The summed E-state index contributed by atoms with van der Waals surface area (Å²) in [6, 6.07) is 22.9. The molecule has 0 saturated carbocycles. The number of rotatable bonds is 6. The third-order valence-corrected chi connectivity index (χ3v) is 5.71. The summed E-state index contributed by atoms with van der Waals surface area (Å²) in [6.07, 6.45) is 1.69. The molecule has 35 heavy (non-hydrogen) atoms. The first-order valence-corrected chi connectivity index (χ1v) is 11.1. The van der Waals surface area contributed by atoms with Crippen molar-refractivity contribution in [3.8, 4) is 5.75 Å². The number of nitrogens with one attached hydrogen (secondary N) is 1. The maximum atomic E-state index is 13.3. The average molecular weight is 465 g/mol. The number of aryl methyl sites for hydroxylation is 1. The van der Waals surface area contributed by atoms with Crippen LogP contribution < -0.4 is 15.8 Å². The van der Waals surface area contributed by atoms with Gasteiger partial charge < -0.3 is 15.8 Å². The normalized spacial score (nSPS) is 11.4. The number of nitrogen functional groups attached to an aromatic ring is 1. The van der Waals surface area contributed by atoms with E-state index in [0.717, 1.165) is 22.4 Å². The van der Waals surface area contributed by atoms with Gasteiger partial charge in [0.2, 0.25) is 0 Å². The highest BCUT2D eigenvalue weighted by atomic mass is 16.5. The van der Waals surface area contributed by atoms with Gasteiger partial charge in [-0.3, -0.25) is 4.79 Å². The predicted octanol–water partition coefficient (Wildman–Crippen LogP) is 4.30. The molecule has 5 rings (SSSR count). The average Bonchev–Trinajstić information content (AvgIpc) is 3.15. The molecule has 8 heteroatoms. The lowest BCUT2D eigenvalue weighted by atomic mass is 10.2. The molecule has 5 aromatic rings. The maximum absolute atomic E-state index is 13.3. The molecule has 3 N–H and O–H groups in total. The van der Waals surface area contributed by atoms with Crippen LogP contribution in [0.15, 0.2) is 77.9 Å². The lowest BCUT2D eigenvalue weighted by molar-refractivity contribution is 0.0953. The standard InChI is InChI=1S/C27H24N6O2/c1-17-7-9-19(10-8-17)16-30-33-25(28)23(24-26(33)32-22-6-4-3-5-21(22)31-24)27(34)29-15-18-11-13-20(35-2)14-12-18/h3-14,16H,15,28H2,1-2H3,(H,29,34)/b30-16-. The van der Waals surface area contributed by atoms with Crippen molar-refractivity contribution in [1.82, 2.24) is 20.0 Å². The number of para-hydroxylation sites is 2. The van der Waals surface area contributed by atoms with Gasteiger partial charge in [0.25, 0.3) is 5.91 Å². The predicted molar refractivity (Wildman–Crippen MR) is 138 cm³/mol. The van der Waals surface area contributed by atoms with Gasteiger partial charge in [0, 0.05) is 6.54 Å². The molecule has 0 aliphatic heterocycles. The molecular weight excluding hydrogens is 440 g/mol. The zero-order valence-electron chi connectivity index (χ0n) is 19.4. The second-order valence-electron chi connectivity index (χ2n) is 8.14. The van der Waals surface area contributed by atoms with E-state index in [1.165, 1.54) is 4.68 Å². The molecule has 0 aliphatic rings. The topological polar surface area (TPSA) is 107 Å². The van der Waals surface area contributed by atoms with E-state index in [1.54, 1.807) is 13.3 Å². The largest absolute Gasteiger partial charge is 0.497 e. The summed E-state index contributed by atoms with van der Waals surface area (Å²) in [7, 11) is 1.61. The molecule has 0 atom stereocenters. The number of amides is 1. The van der Waals surface area contributed by atoms with E-state index in [4.69, 9.17) is 20.4 Å². The van der Waals surface area contributed by atoms with E-state index in [0.29, 0.717) is 28.7 Å². The Morgan fingerprint density at radius 1 is 1.03 bits per heavy atom.